The lowest BCUT2D eigenvalue weighted by Crippen LogP contribution is -2.25. The summed E-state index contributed by atoms with van der Waals surface area (Å²) in [7, 11) is 0. The minimum absolute atomic E-state index is 0.0991. The molecule has 0 radical (unpaired) electrons. The first-order valence-corrected chi connectivity index (χ1v) is 7.61. The number of halogens is 2. The highest BCUT2D eigenvalue weighted by Crippen LogP contribution is 2.07. The topological polar surface area (TPSA) is 42.0 Å². The summed E-state index contributed by atoms with van der Waals surface area (Å²) in [6.45, 7) is 0.721. The summed E-state index contributed by atoms with van der Waals surface area (Å²) in [4.78, 5) is 15.7. The SMILES string of the molecule is O=C(NCCCCCCBr)c1ccc(Br)cn1. The molecule has 17 heavy (non-hydrogen) atoms. The molecule has 0 aliphatic rings. The van der Waals surface area contributed by atoms with Crippen LogP contribution in [0.5, 0.6) is 0 Å². The van der Waals surface area contributed by atoms with Gasteiger partial charge in [0.1, 0.15) is 5.69 Å². The highest BCUT2D eigenvalue weighted by molar-refractivity contribution is 9.10. The van der Waals surface area contributed by atoms with Gasteiger partial charge >= 0.3 is 0 Å². The van der Waals surface area contributed by atoms with Crippen LogP contribution < -0.4 is 5.32 Å². The molecule has 0 aliphatic carbocycles. The summed E-state index contributed by atoms with van der Waals surface area (Å²) in [5, 5.41) is 3.92. The number of unbranched alkanes of at least 4 members (excludes halogenated alkanes) is 3. The Kier molecular flexibility index (Phi) is 7.44. The van der Waals surface area contributed by atoms with Gasteiger partial charge < -0.3 is 5.32 Å². The van der Waals surface area contributed by atoms with E-state index in [2.05, 4.69) is 42.2 Å². The lowest BCUT2D eigenvalue weighted by molar-refractivity contribution is 0.0948. The van der Waals surface area contributed by atoms with Gasteiger partial charge in [0.2, 0.25) is 0 Å². The molecule has 0 saturated heterocycles. The summed E-state index contributed by atoms with van der Waals surface area (Å²) >= 11 is 6.68. The second-order valence-electron chi connectivity index (χ2n) is 3.72. The fourth-order valence-electron chi connectivity index (χ4n) is 1.38. The van der Waals surface area contributed by atoms with Crippen LogP contribution in [-0.4, -0.2) is 22.8 Å². The molecule has 0 spiro atoms. The number of nitrogens with one attached hydrogen (secondary N) is 1. The third-order valence-corrected chi connectivity index (χ3v) is 3.34. The minimum Gasteiger partial charge on any atom is -0.351 e. The van der Waals surface area contributed by atoms with Crippen LogP contribution in [0.4, 0.5) is 0 Å². The van der Waals surface area contributed by atoms with Crippen molar-refractivity contribution >= 4 is 37.8 Å². The zero-order valence-electron chi connectivity index (χ0n) is 9.59. The van der Waals surface area contributed by atoms with Gasteiger partial charge in [-0.2, -0.15) is 0 Å². The molecule has 94 valence electrons. The standard InChI is InChI=1S/C12H16Br2N2O/c13-7-3-1-2-4-8-15-12(17)11-6-5-10(14)9-16-11/h5-6,9H,1-4,7-8H2,(H,15,17). The third kappa shape index (κ3) is 6.17. The summed E-state index contributed by atoms with van der Waals surface area (Å²) in [6.07, 6.45) is 6.21. The average molecular weight is 364 g/mol. The maximum Gasteiger partial charge on any atom is 0.269 e. The van der Waals surface area contributed by atoms with Crippen molar-refractivity contribution in [3.8, 4) is 0 Å². The zero-order chi connectivity index (χ0) is 12.5. The Morgan fingerprint density at radius 2 is 2.00 bits per heavy atom. The number of nitrogens with zero attached hydrogens (tertiary/aromatic N) is 1. The maximum atomic E-state index is 11.6. The highest BCUT2D eigenvalue weighted by atomic mass is 79.9. The van der Waals surface area contributed by atoms with Gasteiger partial charge in [0.25, 0.3) is 5.91 Å². The first-order valence-electron chi connectivity index (χ1n) is 5.70. The molecule has 0 unspecified atom stereocenters. The van der Waals surface area contributed by atoms with Crippen molar-refractivity contribution in [3.05, 3.63) is 28.5 Å². The van der Waals surface area contributed by atoms with Gasteiger partial charge in [0.05, 0.1) is 0 Å². The van der Waals surface area contributed by atoms with E-state index in [0.717, 1.165) is 29.2 Å². The summed E-state index contributed by atoms with van der Waals surface area (Å²) < 4.78 is 0.879. The lowest BCUT2D eigenvalue weighted by Gasteiger charge is -2.04. The van der Waals surface area contributed by atoms with Crippen molar-refractivity contribution in [2.45, 2.75) is 25.7 Å². The van der Waals surface area contributed by atoms with Crippen molar-refractivity contribution in [2.24, 2.45) is 0 Å². The van der Waals surface area contributed by atoms with Gasteiger partial charge in [-0.1, -0.05) is 28.8 Å². The Labute approximate surface area is 119 Å². The van der Waals surface area contributed by atoms with Crippen LogP contribution in [0.1, 0.15) is 36.2 Å². The number of aromatic nitrogens is 1. The van der Waals surface area contributed by atoms with Crippen molar-refractivity contribution in [3.63, 3.8) is 0 Å². The van der Waals surface area contributed by atoms with Crippen molar-refractivity contribution in [1.82, 2.24) is 10.3 Å². The molecule has 5 heteroatoms. The molecule has 1 N–H and O–H groups in total. The van der Waals surface area contributed by atoms with Crippen LogP contribution in [0.2, 0.25) is 0 Å². The monoisotopic (exact) mass is 362 g/mol. The van der Waals surface area contributed by atoms with E-state index in [1.165, 1.54) is 12.8 Å². The molecule has 0 fully saturated rings. The molecule has 1 heterocycles. The first kappa shape index (κ1) is 14.6. The van der Waals surface area contributed by atoms with Gasteiger partial charge in [-0.05, 0) is 40.9 Å². The Bertz CT molecular complexity index is 341. The number of carbonyl (C=O) groups excluding carboxylic acids is 1. The summed E-state index contributed by atoms with van der Waals surface area (Å²) in [6, 6.07) is 3.53. The first-order chi connectivity index (χ1) is 8.24. The molecule has 1 rings (SSSR count). The second-order valence-corrected chi connectivity index (χ2v) is 5.43. The number of carbonyl (C=O) groups is 1. The molecule has 3 nitrogen and oxygen atoms in total. The van der Waals surface area contributed by atoms with Crippen LogP contribution in [0.15, 0.2) is 22.8 Å². The molecule has 0 aromatic carbocycles. The maximum absolute atomic E-state index is 11.6. The Morgan fingerprint density at radius 3 is 2.65 bits per heavy atom. The largest absolute Gasteiger partial charge is 0.351 e. The average Bonchev–Trinajstić information content (AvgIpc) is 2.34. The van der Waals surface area contributed by atoms with E-state index in [0.29, 0.717) is 5.69 Å². The fraction of sp³-hybridized carbons (Fsp3) is 0.500. The number of amides is 1. The second kappa shape index (κ2) is 8.64. The lowest BCUT2D eigenvalue weighted by atomic mass is 10.2. The van der Waals surface area contributed by atoms with Crippen molar-refractivity contribution in [2.75, 3.05) is 11.9 Å². The number of alkyl halides is 1. The Hall–Kier alpha value is -0.420. The normalized spacial score (nSPS) is 10.2. The minimum atomic E-state index is -0.0991. The smallest absolute Gasteiger partial charge is 0.269 e. The van der Waals surface area contributed by atoms with Gasteiger partial charge in [-0.3, -0.25) is 4.79 Å². The molecule has 1 aromatic rings. The Balaban J connectivity index is 2.19. The van der Waals surface area contributed by atoms with Gasteiger partial charge in [-0.15, -0.1) is 0 Å². The quantitative estimate of drug-likeness (QED) is 0.594. The van der Waals surface area contributed by atoms with Crippen LogP contribution in [-0.2, 0) is 0 Å². The Morgan fingerprint density at radius 1 is 1.24 bits per heavy atom. The molecule has 0 saturated carbocycles. The van der Waals surface area contributed by atoms with Crippen molar-refractivity contribution in [1.29, 1.82) is 0 Å². The van der Waals surface area contributed by atoms with Gasteiger partial charge in [-0.25, -0.2) is 4.98 Å². The molecule has 1 aromatic heterocycles. The van der Waals surface area contributed by atoms with E-state index >= 15 is 0 Å². The molecule has 0 aliphatic heterocycles. The fourth-order valence-corrected chi connectivity index (χ4v) is 2.01. The third-order valence-electron chi connectivity index (χ3n) is 2.31. The van der Waals surface area contributed by atoms with Crippen LogP contribution >= 0.6 is 31.9 Å². The number of hydrogen-bond donors (Lipinski definition) is 1. The van der Waals surface area contributed by atoms with E-state index in [1.807, 2.05) is 6.07 Å². The van der Waals surface area contributed by atoms with Crippen molar-refractivity contribution < 1.29 is 4.79 Å². The summed E-state index contributed by atoms with van der Waals surface area (Å²) in [5.74, 6) is -0.0991. The van der Waals surface area contributed by atoms with Gasteiger partial charge in [0.15, 0.2) is 0 Å². The number of rotatable bonds is 7. The zero-order valence-corrected chi connectivity index (χ0v) is 12.8. The highest BCUT2D eigenvalue weighted by Gasteiger charge is 2.05. The molecule has 0 bridgehead atoms. The van der Waals surface area contributed by atoms with Crippen LogP contribution in [0.25, 0.3) is 0 Å². The predicted octanol–water partition coefficient (Wildman–Crippen LogP) is 3.53. The molecular formula is C12H16Br2N2O. The van der Waals surface area contributed by atoms with E-state index in [9.17, 15) is 4.79 Å². The van der Waals surface area contributed by atoms with Gasteiger partial charge in [0, 0.05) is 22.5 Å². The van der Waals surface area contributed by atoms with E-state index in [4.69, 9.17) is 0 Å². The molecular weight excluding hydrogens is 348 g/mol. The molecule has 0 atom stereocenters. The number of pyridine rings is 1. The van der Waals surface area contributed by atoms with E-state index in [-0.39, 0.29) is 5.91 Å². The molecule has 1 amide bonds. The van der Waals surface area contributed by atoms with E-state index in [1.54, 1.807) is 12.3 Å². The van der Waals surface area contributed by atoms with Crippen LogP contribution in [0.3, 0.4) is 0 Å². The summed E-state index contributed by atoms with van der Waals surface area (Å²) in [5.41, 5.74) is 0.466. The van der Waals surface area contributed by atoms with E-state index < -0.39 is 0 Å². The number of hydrogen-bond acceptors (Lipinski definition) is 2. The van der Waals surface area contributed by atoms with Crippen LogP contribution in [0, 0.1) is 0 Å². The predicted molar refractivity (Wildman–Crippen MR) is 76.5 cm³/mol.